The summed E-state index contributed by atoms with van der Waals surface area (Å²) in [6.07, 6.45) is 5.64. The number of ether oxygens (including phenoxy) is 1. The highest BCUT2D eigenvalue weighted by molar-refractivity contribution is 5.94. The third-order valence-corrected chi connectivity index (χ3v) is 6.67. The van der Waals surface area contributed by atoms with Gasteiger partial charge in [0, 0.05) is 61.9 Å². The molecule has 0 atom stereocenters. The number of anilines is 3. The van der Waals surface area contributed by atoms with Gasteiger partial charge < -0.3 is 14.6 Å². The first kappa shape index (κ1) is 23.6. The molecule has 4 aromatic rings. The Morgan fingerprint density at radius 1 is 1.03 bits per heavy atom. The van der Waals surface area contributed by atoms with Crippen LogP contribution in [0.25, 0.3) is 11.3 Å². The van der Waals surface area contributed by atoms with E-state index in [2.05, 4.69) is 37.7 Å². The summed E-state index contributed by atoms with van der Waals surface area (Å²) in [6.45, 7) is 6.37. The number of H-pyrrole nitrogens is 1. The highest BCUT2D eigenvalue weighted by Crippen LogP contribution is 2.39. The summed E-state index contributed by atoms with van der Waals surface area (Å²) in [7, 11) is 1.71. The molecule has 0 aliphatic carbocycles. The summed E-state index contributed by atoms with van der Waals surface area (Å²) >= 11 is 0. The summed E-state index contributed by atoms with van der Waals surface area (Å²) < 4.78 is 5.57. The van der Waals surface area contributed by atoms with Crippen molar-refractivity contribution in [2.75, 3.05) is 43.1 Å². The Morgan fingerprint density at radius 2 is 1.78 bits per heavy atom. The van der Waals surface area contributed by atoms with Gasteiger partial charge in [0.05, 0.1) is 30.4 Å². The Morgan fingerprint density at radius 3 is 2.47 bits per heavy atom. The molecule has 1 N–H and O–H groups in total. The molecule has 36 heavy (non-hydrogen) atoms. The van der Waals surface area contributed by atoms with Crippen molar-refractivity contribution < 1.29 is 9.53 Å². The molecule has 1 aliphatic rings. The fourth-order valence-electron chi connectivity index (χ4n) is 4.82. The number of nitrogens with zero attached hydrogens (tertiary/aromatic N) is 5. The highest BCUT2D eigenvalue weighted by Gasteiger charge is 2.27. The lowest BCUT2D eigenvalue weighted by atomic mass is 10.1. The summed E-state index contributed by atoms with van der Waals surface area (Å²) in [5, 5.41) is 0. The Kier molecular flexibility index (Phi) is 6.95. The Bertz CT molecular complexity index is 1300. The van der Waals surface area contributed by atoms with Gasteiger partial charge in [-0.1, -0.05) is 42.5 Å². The van der Waals surface area contributed by atoms with Crippen molar-refractivity contribution in [2.24, 2.45) is 0 Å². The molecule has 0 bridgehead atoms. The van der Waals surface area contributed by atoms with Crippen LogP contribution < -0.4 is 14.5 Å². The maximum Gasteiger partial charge on any atom is 0.220 e. The van der Waals surface area contributed by atoms with Crippen molar-refractivity contribution in [3.05, 3.63) is 84.4 Å². The molecule has 1 amide bonds. The summed E-state index contributed by atoms with van der Waals surface area (Å²) in [5.41, 5.74) is 5.97. The maximum atomic E-state index is 12.4. The number of carbonyl (C=O) groups is 1. The molecule has 2 aromatic heterocycles. The number of carbonyl (C=O) groups excluding carboxylic acids is 1. The lowest BCUT2D eigenvalue weighted by Crippen LogP contribution is -2.46. The number of amides is 1. The molecule has 8 heteroatoms. The highest BCUT2D eigenvalue weighted by atomic mass is 16.5. The summed E-state index contributed by atoms with van der Waals surface area (Å²) in [5.74, 6) is 1.39. The van der Waals surface area contributed by atoms with E-state index in [1.807, 2.05) is 48.5 Å². The van der Waals surface area contributed by atoms with Crippen molar-refractivity contribution in [1.82, 2.24) is 19.9 Å². The number of hydrogen-bond donors (Lipinski definition) is 1. The van der Waals surface area contributed by atoms with Crippen LogP contribution in [0.1, 0.15) is 11.3 Å². The molecule has 3 heterocycles. The normalized spacial score (nSPS) is 14.0. The molecule has 0 saturated carbocycles. The molecular formula is C28H30N6O2. The zero-order chi connectivity index (χ0) is 24.9. The lowest BCUT2D eigenvalue weighted by molar-refractivity contribution is -0.106. The van der Waals surface area contributed by atoms with Gasteiger partial charge >= 0.3 is 0 Å². The molecule has 0 unspecified atom stereocenters. The van der Waals surface area contributed by atoms with E-state index in [4.69, 9.17) is 4.74 Å². The Hall–Kier alpha value is -4.17. The van der Waals surface area contributed by atoms with Gasteiger partial charge in [-0.2, -0.15) is 0 Å². The smallest absolute Gasteiger partial charge is 0.220 e. The fraction of sp³-hybridized carbons (Fsp3) is 0.250. The number of hydrogen-bond acceptors (Lipinski definition) is 6. The van der Waals surface area contributed by atoms with E-state index in [1.165, 1.54) is 0 Å². The minimum Gasteiger partial charge on any atom is -0.495 e. The minimum absolute atomic E-state index is 0.492. The minimum atomic E-state index is 0.492. The Labute approximate surface area is 211 Å². The van der Waals surface area contributed by atoms with E-state index >= 15 is 0 Å². The van der Waals surface area contributed by atoms with E-state index in [0.29, 0.717) is 5.82 Å². The number of piperazine rings is 1. The van der Waals surface area contributed by atoms with Crippen molar-refractivity contribution in [1.29, 1.82) is 0 Å². The number of rotatable bonds is 8. The molecular weight excluding hydrogens is 452 g/mol. The van der Waals surface area contributed by atoms with Crippen LogP contribution in [0, 0.1) is 6.92 Å². The second kappa shape index (κ2) is 10.6. The molecule has 1 aliphatic heterocycles. The predicted molar refractivity (Wildman–Crippen MR) is 142 cm³/mol. The SMILES string of the molecule is COc1ccccc1N1CCN(Cc2c(C)[nH]c(-c3ccccc3)c2N(C=O)c2cnccn2)CC1. The molecule has 184 valence electrons. The van der Waals surface area contributed by atoms with Crippen LogP contribution in [0.5, 0.6) is 5.75 Å². The van der Waals surface area contributed by atoms with Crippen LogP contribution in [0.15, 0.2) is 73.2 Å². The topological polar surface area (TPSA) is 77.6 Å². The standard InChI is InChI=1S/C28H30N6O2/c1-21-23(19-32-14-16-33(17-15-32)24-10-6-7-11-25(24)36-2)28(27(31-21)22-8-4-3-5-9-22)34(20-35)26-18-29-12-13-30-26/h3-13,18,20,31H,14-17,19H2,1-2H3. The second-order valence-corrected chi connectivity index (χ2v) is 8.79. The number of para-hydroxylation sites is 2. The molecule has 1 fully saturated rings. The van der Waals surface area contributed by atoms with Crippen LogP contribution in [-0.2, 0) is 11.3 Å². The van der Waals surface area contributed by atoms with Gasteiger partial charge in [-0.15, -0.1) is 0 Å². The fourth-order valence-corrected chi connectivity index (χ4v) is 4.82. The van der Waals surface area contributed by atoms with E-state index in [9.17, 15) is 4.79 Å². The maximum absolute atomic E-state index is 12.4. The molecule has 5 rings (SSSR count). The van der Waals surface area contributed by atoms with E-state index < -0.39 is 0 Å². The van der Waals surface area contributed by atoms with E-state index in [1.54, 1.807) is 30.6 Å². The zero-order valence-electron chi connectivity index (χ0n) is 20.6. The molecule has 0 spiro atoms. The number of benzene rings is 2. The van der Waals surface area contributed by atoms with Crippen LogP contribution >= 0.6 is 0 Å². The second-order valence-electron chi connectivity index (χ2n) is 8.79. The number of methoxy groups -OCH3 is 1. The summed E-state index contributed by atoms with van der Waals surface area (Å²) in [6, 6.07) is 18.2. The molecule has 1 saturated heterocycles. The van der Waals surface area contributed by atoms with E-state index in [0.717, 1.165) is 78.8 Å². The monoisotopic (exact) mass is 482 g/mol. The number of aryl methyl sites for hydroxylation is 1. The first-order valence-corrected chi connectivity index (χ1v) is 12.1. The van der Waals surface area contributed by atoms with Crippen molar-refractivity contribution in [2.45, 2.75) is 13.5 Å². The molecule has 8 nitrogen and oxygen atoms in total. The third kappa shape index (κ3) is 4.67. The van der Waals surface area contributed by atoms with Crippen LogP contribution in [0.3, 0.4) is 0 Å². The van der Waals surface area contributed by atoms with Gasteiger partial charge in [-0.3, -0.25) is 19.6 Å². The van der Waals surface area contributed by atoms with Crippen molar-refractivity contribution in [3.63, 3.8) is 0 Å². The first-order valence-electron chi connectivity index (χ1n) is 12.1. The van der Waals surface area contributed by atoms with E-state index in [-0.39, 0.29) is 0 Å². The Balaban J connectivity index is 1.45. The molecule has 0 radical (unpaired) electrons. The molecule has 2 aromatic carbocycles. The average molecular weight is 483 g/mol. The number of aromatic nitrogens is 3. The van der Waals surface area contributed by atoms with Gasteiger partial charge in [0.2, 0.25) is 6.41 Å². The quantitative estimate of drug-likeness (QED) is 0.375. The number of nitrogens with one attached hydrogen (secondary N) is 1. The zero-order valence-corrected chi connectivity index (χ0v) is 20.6. The largest absolute Gasteiger partial charge is 0.495 e. The van der Waals surface area contributed by atoms with Gasteiger partial charge in [0.15, 0.2) is 5.82 Å². The third-order valence-electron chi connectivity index (χ3n) is 6.67. The average Bonchev–Trinajstić information content (AvgIpc) is 3.26. The first-order chi connectivity index (χ1) is 17.7. The van der Waals surface area contributed by atoms with Gasteiger partial charge in [0.1, 0.15) is 5.75 Å². The van der Waals surface area contributed by atoms with Crippen molar-refractivity contribution in [3.8, 4) is 17.0 Å². The van der Waals surface area contributed by atoms with Gasteiger partial charge in [0.25, 0.3) is 0 Å². The van der Waals surface area contributed by atoms with Crippen LogP contribution in [-0.4, -0.2) is 59.6 Å². The van der Waals surface area contributed by atoms with Crippen LogP contribution in [0.2, 0.25) is 0 Å². The summed E-state index contributed by atoms with van der Waals surface area (Å²) in [4.78, 5) is 31.0. The predicted octanol–water partition coefficient (Wildman–Crippen LogP) is 4.41. The lowest BCUT2D eigenvalue weighted by Gasteiger charge is -2.37. The van der Waals surface area contributed by atoms with Gasteiger partial charge in [-0.25, -0.2) is 4.98 Å². The number of aromatic amines is 1. The van der Waals surface area contributed by atoms with Crippen LogP contribution in [0.4, 0.5) is 17.2 Å². The van der Waals surface area contributed by atoms with Gasteiger partial charge in [-0.05, 0) is 19.1 Å². The van der Waals surface area contributed by atoms with Crippen molar-refractivity contribution >= 4 is 23.6 Å².